The van der Waals surface area contributed by atoms with Gasteiger partial charge in [0.1, 0.15) is 0 Å². The van der Waals surface area contributed by atoms with Crippen molar-refractivity contribution in [1.82, 2.24) is 5.32 Å². The average Bonchev–Trinajstić information content (AvgIpc) is 2.65. The molecule has 0 aliphatic rings. The monoisotopic (exact) mass is 358 g/mol. The Hall–Kier alpha value is -3.06. The van der Waals surface area contributed by atoms with Crippen LogP contribution in [0.25, 0.3) is 0 Å². The zero-order valence-electron chi connectivity index (χ0n) is 14.9. The molecule has 5 N–H and O–H groups in total. The molecule has 2 rings (SSSR count). The Morgan fingerprint density at radius 2 is 1.77 bits per heavy atom. The summed E-state index contributed by atoms with van der Waals surface area (Å²) in [4.78, 5) is 23.3. The predicted octanol–water partition coefficient (Wildman–Crippen LogP) is 0.746. The molecular weight excluding hydrogens is 334 g/mol. The van der Waals surface area contributed by atoms with Gasteiger partial charge in [-0.05, 0) is 17.7 Å². The second-order valence-corrected chi connectivity index (χ2v) is 5.71. The van der Waals surface area contributed by atoms with Gasteiger partial charge in [-0.1, -0.05) is 36.4 Å². The molecule has 0 heterocycles. The summed E-state index contributed by atoms with van der Waals surface area (Å²) < 4.78 is 10.5. The molecule has 0 aliphatic heterocycles. The van der Waals surface area contributed by atoms with Crippen LogP contribution in [0.1, 0.15) is 17.2 Å². The van der Waals surface area contributed by atoms with Gasteiger partial charge in [0.15, 0.2) is 17.5 Å². The lowest BCUT2D eigenvalue weighted by Gasteiger charge is -2.15. The molecule has 0 aliphatic carbocycles. The van der Waals surface area contributed by atoms with Crippen LogP contribution < -0.4 is 25.8 Å². The van der Waals surface area contributed by atoms with Gasteiger partial charge in [0, 0.05) is 12.0 Å². The minimum atomic E-state index is -0.857. The Kier molecular flexibility index (Phi) is 6.99. The van der Waals surface area contributed by atoms with Gasteiger partial charge in [0.05, 0.1) is 20.8 Å². The maximum Gasteiger partial charge on any atom is 0.319 e. The number of primary amides is 1. The van der Waals surface area contributed by atoms with Crippen LogP contribution in [-0.2, 0) is 11.2 Å². The lowest BCUT2D eigenvalue weighted by Crippen LogP contribution is -2.88. The molecule has 2 aromatic rings. The number of carbonyl (C=O) groups excluding carboxylic acids is 2. The highest BCUT2D eigenvalue weighted by Gasteiger charge is 2.24. The zero-order valence-corrected chi connectivity index (χ0v) is 14.9. The van der Waals surface area contributed by atoms with Crippen molar-refractivity contribution in [2.75, 3.05) is 20.8 Å². The van der Waals surface area contributed by atoms with Crippen LogP contribution in [0.15, 0.2) is 48.5 Å². The largest absolute Gasteiger partial charge is 0.493 e. The number of ether oxygens (including phenoxy) is 2. The molecule has 0 unspecified atom stereocenters. The number of carbonyl (C=O) groups is 2. The van der Waals surface area contributed by atoms with Crippen LogP contribution in [0.4, 0.5) is 4.79 Å². The highest BCUT2D eigenvalue weighted by atomic mass is 16.5. The average molecular weight is 358 g/mol. The Balaban J connectivity index is 2.05. The molecule has 0 aromatic heterocycles. The number of amides is 3. The van der Waals surface area contributed by atoms with Crippen LogP contribution in [0, 0.1) is 0 Å². The number of hydrogen-bond donors (Lipinski definition) is 3. The van der Waals surface area contributed by atoms with Crippen LogP contribution >= 0.6 is 0 Å². The van der Waals surface area contributed by atoms with E-state index in [4.69, 9.17) is 15.2 Å². The molecule has 7 heteroatoms. The fraction of sp³-hybridized carbons (Fsp3) is 0.263. The first-order valence-corrected chi connectivity index (χ1v) is 8.24. The van der Waals surface area contributed by atoms with E-state index in [1.54, 1.807) is 14.2 Å². The molecule has 0 bridgehead atoms. The minimum Gasteiger partial charge on any atom is -0.493 e. The quantitative estimate of drug-likeness (QED) is 0.647. The molecule has 0 fully saturated rings. The predicted molar refractivity (Wildman–Crippen MR) is 97.0 cm³/mol. The summed E-state index contributed by atoms with van der Waals surface area (Å²) in [5.41, 5.74) is 6.94. The van der Waals surface area contributed by atoms with Gasteiger partial charge in [0.25, 0.3) is 5.91 Å². The van der Waals surface area contributed by atoms with Crippen molar-refractivity contribution in [2.45, 2.75) is 12.5 Å². The molecule has 0 spiro atoms. The lowest BCUT2D eigenvalue weighted by atomic mass is 10.1. The molecule has 0 saturated heterocycles. The van der Waals surface area contributed by atoms with Crippen molar-refractivity contribution >= 4 is 11.9 Å². The van der Waals surface area contributed by atoms with E-state index >= 15 is 0 Å². The van der Waals surface area contributed by atoms with Crippen LogP contribution in [0.3, 0.4) is 0 Å². The van der Waals surface area contributed by atoms with Gasteiger partial charge < -0.3 is 20.5 Å². The Morgan fingerprint density at radius 1 is 1.08 bits per heavy atom. The van der Waals surface area contributed by atoms with Crippen LogP contribution in [0.2, 0.25) is 0 Å². The molecule has 1 atom stereocenters. The molecule has 7 nitrogen and oxygen atoms in total. The van der Waals surface area contributed by atoms with Gasteiger partial charge >= 0.3 is 6.03 Å². The Morgan fingerprint density at radius 3 is 2.38 bits per heavy atom. The van der Waals surface area contributed by atoms with Crippen LogP contribution in [0.5, 0.6) is 11.5 Å². The third-order valence-corrected chi connectivity index (χ3v) is 3.97. The SMILES string of the molecule is COc1ccc(CC[NH2+][C@H](C(=O)NC(N)=O)c2ccccc2)cc1OC. The normalized spacial score (nSPS) is 11.5. The van der Waals surface area contributed by atoms with Crippen molar-refractivity contribution in [3.63, 3.8) is 0 Å². The van der Waals surface area contributed by atoms with Crippen molar-refractivity contribution in [2.24, 2.45) is 5.73 Å². The Bertz CT molecular complexity index is 750. The van der Waals surface area contributed by atoms with E-state index in [2.05, 4.69) is 5.32 Å². The van der Waals surface area contributed by atoms with E-state index < -0.39 is 18.0 Å². The molecule has 0 saturated carbocycles. The van der Waals surface area contributed by atoms with E-state index in [0.29, 0.717) is 24.5 Å². The number of rotatable bonds is 8. The van der Waals surface area contributed by atoms with Gasteiger partial charge in [-0.2, -0.15) is 0 Å². The number of hydrogen-bond acceptors (Lipinski definition) is 4. The molecular formula is C19H24N3O4+. The molecule has 3 amide bonds. The second kappa shape index (κ2) is 9.43. The second-order valence-electron chi connectivity index (χ2n) is 5.71. The number of nitrogens with two attached hydrogens (primary N) is 2. The lowest BCUT2D eigenvalue weighted by molar-refractivity contribution is -0.682. The van der Waals surface area contributed by atoms with Gasteiger partial charge in [-0.3, -0.25) is 10.1 Å². The highest BCUT2D eigenvalue weighted by Crippen LogP contribution is 2.27. The zero-order chi connectivity index (χ0) is 18.9. The number of urea groups is 1. The summed E-state index contributed by atoms with van der Waals surface area (Å²) in [6.45, 7) is 0.640. The highest BCUT2D eigenvalue weighted by molar-refractivity contribution is 5.96. The third kappa shape index (κ3) is 5.22. The van der Waals surface area contributed by atoms with Crippen molar-refractivity contribution < 1.29 is 24.4 Å². The van der Waals surface area contributed by atoms with E-state index in [-0.39, 0.29) is 0 Å². The first kappa shape index (κ1) is 19.3. The van der Waals surface area contributed by atoms with Gasteiger partial charge in [0.2, 0.25) is 0 Å². The maximum atomic E-state index is 12.3. The molecule has 0 radical (unpaired) electrons. The van der Waals surface area contributed by atoms with E-state index in [1.807, 2.05) is 53.8 Å². The number of nitrogens with one attached hydrogen (secondary N) is 1. The van der Waals surface area contributed by atoms with Crippen LogP contribution in [-0.4, -0.2) is 32.7 Å². The van der Waals surface area contributed by atoms with Gasteiger partial charge in [-0.15, -0.1) is 0 Å². The maximum absolute atomic E-state index is 12.3. The van der Waals surface area contributed by atoms with Crippen molar-refractivity contribution in [3.05, 3.63) is 59.7 Å². The standard InChI is InChI=1S/C19H23N3O4/c1-25-15-9-8-13(12-16(15)26-2)10-11-21-17(18(23)22-19(20)24)14-6-4-3-5-7-14/h3-9,12,17,21H,10-11H2,1-2H3,(H3,20,22,23,24)/p+1/t17-/m0/s1. The topological polar surface area (TPSA) is 107 Å². The molecule has 2 aromatic carbocycles. The number of imide groups is 1. The van der Waals surface area contributed by atoms with Crippen molar-refractivity contribution in [3.8, 4) is 11.5 Å². The minimum absolute atomic E-state index is 0.434. The summed E-state index contributed by atoms with van der Waals surface area (Å²) >= 11 is 0. The number of quaternary nitrogens is 1. The number of methoxy groups -OCH3 is 2. The first-order chi connectivity index (χ1) is 12.5. The van der Waals surface area contributed by atoms with E-state index in [0.717, 1.165) is 11.1 Å². The molecule has 138 valence electrons. The summed E-state index contributed by atoms with van der Waals surface area (Å²) in [5.74, 6) is 0.898. The van der Waals surface area contributed by atoms with E-state index in [1.165, 1.54) is 0 Å². The summed E-state index contributed by atoms with van der Waals surface area (Å²) in [6, 6.07) is 13.6. The molecule has 26 heavy (non-hydrogen) atoms. The van der Waals surface area contributed by atoms with Gasteiger partial charge in [-0.25, -0.2) is 4.79 Å². The number of benzene rings is 2. The fourth-order valence-electron chi connectivity index (χ4n) is 2.71. The fourth-order valence-corrected chi connectivity index (χ4v) is 2.71. The first-order valence-electron chi connectivity index (χ1n) is 8.24. The summed E-state index contributed by atoms with van der Waals surface area (Å²) in [5, 5.41) is 4.03. The summed E-state index contributed by atoms with van der Waals surface area (Å²) in [6.07, 6.45) is 0.716. The summed E-state index contributed by atoms with van der Waals surface area (Å²) in [7, 11) is 3.18. The van der Waals surface area contributed by atoms with Crippen molar-refractivity contribution in [1.29, 1.82) is 0 Å². The third-order valence-electron chi connectivity index (χ3n) is 3.97. The smallest absolute Gasteiger partial charge is 0.319 e. The van der Waals surface area contributed by atoms with E-state index in [9.17, 15) is 9.59 Å². The Labute approximate surface area is 152 Å².